The molecule has 28 heavy (non-hydrogen) atoms. The van der Waals surface area contributed by atoms with Crippen LogP contribution in [-0.2, 0) is 13.0 Å². The fourth-order valence-electron chi connectivity index (χ4n) is 2.76. The lowest BCUT2D eigenvalue weighted by molar-refractivity contribution is 0.370. The van der Waals surface area contributed by atoms with Crippen molar-refractivity contribution in [3.63, 3.8) is 0 Å². The highest BCUT2D eigenvalue weighted by molar-refractivity contribution is 14.0. The average molecular weight is 495 g/mol. The molecule has 0 aliphatic heterocycles. The molecule has 0 aliphatic carbocycles. The molecule has 0 saturated heterocycles. The van der Waals surface area contributed by atoms with E-state index in [0.29, 0.717) is 6.61 Å². The largest absolute Gasteiger partial charge is 0.481 e. The van der Waals surface area contributed by atoms with Gasteiger partial charge in [-0.2, -0.15) is 5.10 Å². The van der Waals surface area contributed by atoms with Crippen LogP contribution in [0.2, 0.25) is 0 Å². The van der Waals surface area contributed by atoms with Crippen molar-refractivity contribution >= 4 is 29.9 Å². The molecule has 0 radical (unpaired) electrons. The molecule has 0 atom stereocenters. The number of terminal acetylenes is 1. The van der Waals surface area contributed by atoms with Crippen LogP contribution < -0.4 is 15.4 Å². The Hall–Kier alpha value is -2.21. The summed E-state index contributed by atoms with van der Waals surface area (Å²) in [4.78, 5) is 4.27. The summed E-state index contributed by atoms with van der Waals surface area (Å²) < 4.78 is 7.42. The first kappa shape index (κ1) is 23.8. The van der Waals surface area contributed by atoms with E-state index < -0.39 is 0 Å². The van der Waals surface area contributed by atoms with Crippen LogP contribution in [0, 0.1) is 26.2 Å². The Morgan fingerprint density at radius 2 is 1.93 bits per heavy atom. The maximum atomic E-state index is 5.38. The molecule has 2 aromatic rings. The lowest BCUT2D eigenvalue weighted by atomic mass is 10.1. The Kier molecular flexibility index (Phi) is 11.1. The average Bonchev–Trinajstić information content (AvgIpc) is 3.00. The van der Waals surface area contributed by atoms with E-state index in [1.165, 1.54) is 11.3 Å². The fraction of sp³-hybridized carbons (Fsp3) is 0.429. The van der Waals surface area contributed by atoms with Crippen molar-refractivity contribution in [2.45, 2.75) is 33.2 Å². The van der Waals surface area contributed by atoms with Gasteiger partial charge in [-0.15, -0.1) is 30.4 Å². The molecule has 0 unspecified atom stereocenters. The minimum Gasteiger partial charge on any atom is -0.481 e. The lowest BCUT2D eigenvalue weighted by Crippen LogP contribution is -2.39. The molecular weight excluding hydrogens is 465 g/mol. The summed E-state index contributed by atoms with van der Waals surface area (Å²) in [6.45, 7) is 6.95. The van der Waals surface area contributed by atoms with E-state index in [4.69, 9.17) is 11.2 Å². The van der Waals surface area contributed by atoms with Gasteiger partial charge in [0.2, 0.25) is 0 Å². The van der Waals surface area contributed by atoms with Crippen LogP contribution >= 0.6 is 24.0 Å². The van der Waals surface area contributed by atoms with Gasteiger partial charge in [-0.05, 0) is 50.5 Å². The van der Waals surface area contributed by atoms with Crippen molar-refractivity contribution in [3.8, 4) is 18.1 Å². The standard InChI is InChI=1S/C21H29N5O.HI/c1-5-15-27-20-9-7-19(8-10-20)11-13-24-21(22-4)23-12-6-14-26-18(3)16-17(2)25-26;/h1,7-10,16H,6,11-15H2,2-4H3,(H2,22,23,24);1H. The number of benzene rings is 1. The molecule has 0 fully saturated rings. The molecule has 6 nitrogen and oxygen atoms in total. The maximum Gasteiger partial charge on any atom is 0.190 e. The predicted octanol–water partition coefficient (Wildman–Crippen LogP) is 2.93. The van der Waals surface area contributed by atoms with E-state index in [1.54, 1.807) is 7.05 Å². The number of nitrogens with one attached hydrogen (secondary N) is 2. The number of guanidine groups is 1. The van der Waals surface area contributed by atoms with Crippen molar-refractivity contribution in [2.75, 3.05) is 26.7 Å². The zero-order chi connectivity index (χ0) is 19.5. The van der Waals surface area contributed by atoms with E-state index >= 15 is 0 Å². The SMILES string of the molecule is C#CCOc1ccc(CCNC(=NC)NCCCn2nc(C)cc2C)cc1.I. The van der Waals surface area contributed by atoms with Crippen LogP contribution in [0.1, 0.15) is 23.4 Å². The Morgan fingerprint density at radius 1 is 1.21 bits per heavy atom. The van der Waals surface area contributed by atoms with Gasteiger partial charge in [0.15, 0.2) is 5.96 Å². The molecule has 2 N–H and O–H groups in total. The van der Waals surface area contributed by atoms with Gasteiger partial charge >= 0.3 is 0 Å². The number of aliphatic imine (C=N–C) groups is 1. The fourth-order valence-corrected chi connectivity index (χ4v) is 2.76. The van der Waals surface area contributed by atoms with Crippen LogP contribution in [0.15, 0.2) is 35.3 Å². The van der Waals surface area contributed by atoms with Gasteiger partial charge in [-0.1, -0.05) is 18.1 Å². The molecule has 0 aliphatic rings. The van der Waals surface area contributed by atoms with Gasteiger partial charge in [0.05, 0.1) is 5.69 Å². The molecule has 152 valence electrons. The number of ether oxygens (including phenoxy) is 1. The Bertz CT molecular complexity index is 777. The van der Waals surface area contributed by atoms with Crippen molar-refractivity contribution in [1.29, 1.82) is 0 Å². The normalized spacial score (nSPS) is 10.7. The zero-order valence-corrected chi connectivity index (χ0v) is 19.2. The summed E-state index contributed by atoms with van der Waals surface area (Å²) in [6.07, 6.45) is 7.08. The summed E-state index contributed by atoms with van der Waals surface area (Å²) >= 11 is 0. The second kappa shape index (κ2) is 13.0. The molecule has 1 aromatic heterocycles. The molecule has 0 bridgehead atoms. The number of hydrogen-bond acceptors (Lipinski definition) is 3. The van der Waals surface area contributed by atoms with Crippen LogP contribution in [-0.4, -0.2) is 42.5 Å². The molecule has 7 heteroatoms. The maximum absolute atomic E-state index is 5.38. The number of aryl methyl sites for hydroxylation is 3. The van der Waals surface area contributed by atoms with Gasteiger partial charge in [0.1, 0.15) is 12.4 Å². The number of rotatable bonds is 9. The summed E-state index contributed by atoms with van der Waals surface area (Å²) in [5.74, 6) is 4.07. The zero-order valence-electron chi connectivity index (χ0n) is 16.9. The summed E-state index contributed by atoms with van der Waals surface area (Å²) in [7, 11) is 1.79. The Labute approximate surface area is 185 Å². The molecule has 1 heterocycles. The molecular formula is C21H30IN5O. The van der Waals surface area contributed by atoms with Crippen molar-refractivity contribution in [2.24, 2.45) is 4.99 Å². The quantitative estimate of drug-likeness (QED) is 0.185. The smallest absolute Gasteiger partial charge is 0.190 e. The van der Waals surface area contributed by atoms with E-state index in [1.807, 2.05) is 23.7 Å². The first-order chi connectivity index (χ1) is 13.1. The van der Waals surface area contributed by atoms with E-state index in [0.717, 1.165) is 49.9 Å². The second-order valence-corrected chi connectivity index (χ2v) is 6.32. The van der Waals surface area contributed by atoms with Crippen LogP contribution in [0.5, 0.6) is 5.75 Å². The topological polar surface area (TPSA) is 63.5 Å². The van der Waals surface area contributed by atoms with Crippen LogP contribution in [0.4, 0.5) is 0 Å². The third-order valence-electron chi connectivity index (χ3n) is 4.12. The van der Waals surface area contributed by atoms with Crippen molar-refractivity contribution in [3.05, 3.63) is 47.3 Å². The van der Waals surface area contributed by atoms with Crippen LogP contribution in [0.25, 0.3) is 0 Å². The summed E-state index contributed by atoms with van der Waals surface area (Å²) in [5.41, 5.74) is 3.50. The van der Waals surface area contributed by atoms with E-state index in [2.05, 4.69) is 51.8 Å². The minimum atomic E-state index is 0. The first-order valence-electron chi connectivity index (χ1n) is 9.23. The van der Waals surface area contributed by atoms with E-state index in [-0.39, 0.29) is 24.0 Å². The molecule has 2 rings (SSSR count). The molecule has 0 saturated carbocycles. The van der Waals surface area contributed by atoms with Gasteiger partial charge < -0.3 is 15.4 Å². The molecule has 0 amide bonds. The van der Waals surface area contributed by atoms with Crippen LogP contribution in [0.3, 0.4) is 0 Å². The Balaban J connectivity index is 0.00000392. The van der Waals surface area contributed by atoms with Gasteiger partial charge in [0.25, 0.3) is 0 Å². The predicted molar refractivity (Wildman–Crippen MR) is 126 cm³/mol. The van der Waals surface area contributed by atoms with Crippen molar-refractivity contribution < 1.29 is 4.74 Å². The highest BCUT2D eigenvalue weighted by Crippen LogP contribution is 2.12. The van der Waals surface area contributed by atoms with Gasteiger partial charge in [-0.25, -0.2) is 0 Å². The van der Waals surface area contributed by atoms with E-state index in [9.17, 15) is 0 Å². The second-order valence-electron chi connectivity index (χ2n) is 6.32. The number of aromatic nitrogens is 2. The number of halogens is 1. The Morgan fingerprint density at radius 3 is 2.54 bits per heavy atom. The van der Waals surface area contributed by atoms with Gasteiger partial charge in [-0.3, -0.25) is 9.67 Å². The molecule has 0 spiro atoms. The number of nitrogens with zero attached hydrogens (tertiary/aromatic N) is 3. The lowest BCUT2D eigenvalue weighted by Gasteiger charge is -2.12. The van der Waals surface area contributed by atoms with Crippen molar-refractivity contribution in [1.82, 2.24) is 20.4 Å². The third kappa shape index (κ3) is 8.21. The monoisotopic (exact) mass is 495 g/mol. The highest BCUT2D eigenvalue weighted by Gasteiger charge is 2.02. The summed E-state index contributed by atoms with van der Waals surface area (Å²) in [6, 6.07) is 10.1. The highest BCUT2D eigenvalue weighted by atomic mass is 127. The minimum absolute atomic E-state index is 0. The molecule has 1 aromatic carbocycles. The third-order valence-corrected chi connectivity index (χ3v) is 4.12. The first-order valence-corrected chi connectivity index (χ1v) is 9.23. The number of hydrogen-bond donors (Lipinski definition) is 2. The van der Waals surface area contributed by atoms with Gasteiger partial charge in [0, 0.05) is 32.4 Å². The summed E-state index contributed by atoms with van der Waals surface area (Å²) in [5, 5.41) is 11.2.